The summed E-state index contributed by atoms with van der Waals surface area (Å²) in [5.41, 5.74) is 2.48. The number of fused-ring (bicyclic) bond motifs is 1. The lowest BCUT2D eigenvalue weighted by Crippen LogP contribution is -2.26. The number of carbonyl (C=O) groups is 1. The molecule has 0 saturated heterocycles. The first kappa shape index (κ1) is 16.3. The van der Waals surface area contributed by atoms with E-state index in [-0.39, 0.29) is 11.7 Å². The standard InChI is InChI=1S/C21H18N2O3/c1-13-7-8-14(11-18(13)25-2)21(9-10-21)19(24)15(12-22)20-23-16-5-3-4-6-17(16)26-20/h3-8,11,15H,9-10H2,1-2H3/t15-/m1/s1. The first-order valence-corrected chi connectivity index (χ1v) is 8.53. The van der Waals surface area contributed by atoms with Crippen molar-refractivity contribution in [1.29, 1.82) is 5.26 Å². The highest BCUT2D eigenvalue weighted by Crippen LogP contribution is 2.52. The van der Waals surface area contributed by atoms with Gasteiger partial charge in [0.05, 0.1) is 18.6 Å². The van der Waals surface area contributed by atoms with Crippen LogP contribution in [0, 0.1) is 18.3 Å². The molecule has 5 heteroatoms. The average Bonchev–Trinajstić information content (AvgIpc) is 3.36. The van der Waals surface area contributed by atoms with Crippen LogP contribution in [0.5, 0.6) is 5.75 Å². The van der Waals surface area contributed by atoms with Crippen molar-refractivity contribution in [1.82, 2.24) is 4.98 Å². The number of aryl methyl sites for hydroxylation is 1. The van der Waals surface area contributed by atoms with E-state index >= 15 is 0 Å². The van der Waals surface area contributed by atoms with Gasteiger partial charge in [-0.05, 0) is 49.1 Å². The number of ketones is 1. The van der Waals surface area contributed by atoms with E-state index in [0.717, 1.165) is 29.7 Å². The molecule has 1 aliphatic rings. The summed E-state index contributed by atoms with van der Waals surface area (Å²) in [5, 5.41) is 9.66. The third kappa shape index (κ3) is 2.46. The van der Waals surface area contributed by atoms with Crippen LogP contribution >= 0.6 is 0 Å². The van der Waals surface area contributed by atoms with Crippen molar-refractivity contribution >= 4 is 16.9 Å². The summed E-state index contributed by atoms with van der Waals surface area (Å²) in [7, 11) is 1.61. The van der Waals surface area contributed by atoms with Gasteiger partial charge in [-0.3, -0.25) is 4.79 Å². The van der Waals surface area contributed by atoms with E-state index in [1.165, 1.54) is 0 Å². The van der Waals surface area contributed by atoms with Gasteiger partial charge in [0.15, 0.2) is 17.3 Å². The highest BCUT2D eigenvalue weighted by atomic mass is 16.5. The highest BCUT2D eigenvalue weighted by molar-refractivity contribution is 5.99. The Morgan fingerprint density at radius 1 is 1.31 bits per heavy atom. The zero-order chi connectivity index (χ0) is 18.3. The van der Waals surface area contributed by atoms with Crippen molar-refractivity contribution < 1.29 is 13.9 Å². The molecule has 26 heavy (non-hydrogen) atoms. The molecule has 0 spiro atoms. The van der Waals surface area contributed by atoms with Crippen LogP contribution in [0.15, 0.2) is 46.9 Å². The Bertz CT molecular complexity index is 1010. The van der Waals surface area contributed by atoms with Crippen molar-refractivity contribution in [3.63, 3.8) is 0 Å². The van der Waals surface area contributed by atoms with Gasteiger partial charge in [-0.2, -0.15) is 5.26 Å². The molecular weight excluding hydrogens is 328 g/mol. The number of Topliss-reactive ketones (excluding diaryl/α,β-unsaturated/α-hetero) is 1. The fraction of sp³-hybridized carbons (Fsp3) is 0.286. The molecular formula is C21H18N2O3. The van der Waals surface area contributed by atoms with Crippen LogP contribution < -0.4 is 4.74 Å². The molecule has 3 aromatic rings. The van der Waals surface area contributed by atoms with E-state index in [1.807, 2.05) is 37.3 Å². The molecule has 130 valence electrons. The van der Waals surface area contributed by atoms with Crippen molar-refractivity contribution in [2.45, 2.75) is 31.1 Å². The van der Waals surface area contributed by atoms with Crippen LogP contribution in [0.4, 0.5) is 0 Å². The van der Waals surface area contributed by atoms with Gasteiger partial charge in [-0.15, -0.1) is 0 Å². The van der Waals surface area contributed by atoms with Gasteiger partial charge < -0.3 is 9.15 Å². The van der Waals surface area contributed by atoms with Crippen LogP contribution in [-0.2, 0) is 10.2 Å². The maximum Gasteiger partial charge on any atom is 0.220 e. The van der Waals surface area contributed by atoms with E-state index in [0.29, 0.717) is 11.1 Å². The summed E-state index contributed by atoms with van der Waals surface area (Å²) in [6, 6.07) is 15.2. The lowest BCUT2D eigenvalue weighted by atomic mass is 9.84. The van der Waals surface area contributed by atoms with Crippen molar-refractivity contribution in [2.24, 2.45) is 0 Å². The van der Waals surface area contributed by atoms with Gasteiger partial charge in [0.25, 0.3) is 0 Å². The van der Waals surface area contributed by atoms with Crippen LogP contribution in [0.3, 0.4) is 0 Å². The number of ether oxygens (including phenoxy) is 1. The van der Waals surface area contributed by atoms with E-state index in [4.69, 9.17) is 9.15 Å². The zero-order valence-electron chi connectivity index (χ0n) is 14.7. The topological polar surface area (TPSA) is 76.1 Å². The highest BCUT2D eigenvalue weighted by Gasteiger charge is 2.54. The van der Waals surface area contributed by atoms with Gasteiger partial charge in [0.1, 0.15) is 11.3 Å². The predicted molar refractivity (Wildman–Crippen MR) is 96.0 cm³/mol. The second-order valence-electron chi connectivity index (χ2n) is 6.71. The number of oxazole rings is 1. The second-order valence-corrected chi connectivity index (χ2v) is 6.71. The molecule has 0 radical (unpaired) electrons. The number of methoxy groups -OCH3 is 1. The maximum atomic E-state index is 13.3. The fourth-order valence-electron chi connectivity index (χ4n) is 3.44. The van der Waals surface area contributed by atoms with Gasteiger partial charge in [-0.1, -0.05) is 24.3 Å². The van der Waals surface area contributed by atoms with Crippen LogP contribution in [0.1, 0.15) is 35.8 Å². The van der Waals surface area contributed by atoms with Crippen LogP contribution in [-0.4, -0.2) is 17.9 Å². The molecule has 0 aliphatic heterocycles. The molecule has 1 aromatic heterocycles. The van der Waals surface area contributed by atoms with E-state index in [2.05, 4.69) is 11.1 Å². The number of rotatable bonds is 5. The van der Waals surface area contributed by atoms with Gasteiger partial charge in [0, 0.05) is 0 Å². The minimum Gasteiger partial charge on any atom is -0.496 e. The largest absolute Gasteiger partial charge is 0.496 e. The van der Waals surface area contributed by atoms with E-state index in [9.17, 15) is 10.1 Å². The number of benzene rings is 2. The Labute approximate surface area is 151 Å². The molecule has 0 N–H and O–H groups in total. The average molecular weight is 346 g/mol. The molecule has 1 atom stereocenters. The quantitative estimate of drug-likeness (QED) is 0.696. The summed E-state index contributed by atoms with van der Waals surface area (Å²) < 4.78 is 11.1. The molecule has 1 aliphatic carbocycles. The SMILES string of the molecule is COc1cc(C2(C(=O)[C@@H](C#N)c3nc4ccccc4o3)CC2)ccc1C. The minimum atomic E-state index is -1.02. The van der Waals surface area contributed by atoms with E-state index < -0.39 is 11.3 Å². The number of carbonyl (C=O) groups excluding carboxylic acids is 1. The molecule has 1 heterocycles. The van der Waals surface area contributed by atoms with Crippen molar-refractivity contribution in [2.75, 3.05) is 7.11 Å². The Morgan fingerprint density at radius 2 is 2.08 bits per heavy atom. The fourth-order valence-corrected chi connectivity index (χ4v) is 3.44. The van der Waals surface area contributed by atoms with Crippen LogP contribution in [0.2, 0.25) is 0 Å². The number of nitrogens with zero attached hydrogens (tertiary/aromatic N) is 2. The Balaban J connectivity index is 1.72. The number of nitriles is 1. The normalized spacial score (nSPS) is 16.0. The lowest BCUT2D eigenvalue weighted by Gasteiger charge is -2.18. The van der Waals surface area contributed by atoms with Crippen molar-refractivity contribution in [3.8, 4) is 11.8 Å². The monoisotopic (exact) mass is 346 g/mol. The molecule has 5 nitrogen and oxygen atoms in total. The third-order valence-corrected chi connectivity index (χ3v) is 5.13. The Kier molecular flexibility index (Phi) is 3.77. The molecule has 0 unspecified atom stereocenters. The van der Waals surface area contributed by atoms with Gasteiger partial charge in [0.2, 0.25) is 5.89 Å². The van der Waals surface area contributed by atoms with Gasteiger partial charge in [-0.25, -0.2) is 4.98 Å². The number of para-hydroxylation sites is 2. The third-order valence-electron chi connectivity index (χ3n) is 5.13. The molecule has 2 aromatic carbocycles. The number of aromatic nitrogens is 1. The molecule has 0 bridgehead atoms. The minimum absolute atomic E-state index is 0.155. The Hall–Kier alpha value is -3.13. The lowest BCUT2D eigenvalue weighted by molar-refractivity contribution is -0.122. The van der Waals surface area contributed by atoms with E-state index in [1.54, 1.807) is 19.2 Å². The molecule has 4 rings (SSSR count). The molecule has 1 fully saturated rings. The summed E-state index contributed by atoms with van der Waals surface area (Å²) >= 11 is 0. The molecule has 0 amide bonds. The van der Waals surface area contributed by atoms with Crippen molar-refractivity contribution in [3.05, 3.63) is 59.5 Å². The second kappa shape index (κ2) is 5.99. The van der Waals surface area contributed by atoms with Crippen LogP contribution in [0.25, 0.3) is 11.1 Å². The number of hydrogen-bond acceptors (Lipinski definition) is 5. The Morgan fingerprint density at radius 3 is 2.73 bits per heavy atom. The summed E-state index contributed by atoms with van der Waals surface area (Å²) in [5.74, 6) is -0.254. The van der Waals surface area contributed by atoms with Gasteiger partial charge >= 0.3 is 0 Å². The summed E-state index contributed by atoms with van der Waals surface area (Å²) in [4.78, 5) is 17.6. The predicted octanol–water partition coefficient (Wildman–Crippen LogP) is 4.05. The number of hydrogen-bond donors (Lipinski definition) is 0. The first-order valence-electron chi connectivity index (χ1n) is 8.53. The smallest absolute Gasteiger partial charge is 0.220 e. The molecule has 1 saturated carbocycles. The first-order chi connectivity index (χ1) is 12.6. The summed E-state index contributed by atoms with van der Waals surface area (Å²) in [6.07, 6.45) is 1.44. The maximum absolute atomic E-state index is 13.3. The summed E-state index contributed by atoms with van der Waals surface area (Å²) in [6.45, 7) is 1.96. The zero-order valence-corrected chi connectivity index (χ0v) is 14.7.